The highest BCUT2D eigenvalue weighted by Gasteiger charge is 2.41. The van der Waals surface area contributed by atoms with E-state index in [0.717, 1.165) is 41.3 Å². The maximum atomic E-state index is 13.3. The second kappa shape index (κ2) is 14.0. The summed E-state index contributed by atoms with van der Waals surface area (Å²) in [6.45, 7) is -2.91. The van der Waals surface area contributed by atoms with Gasteiger partial charge in [0.1, 0.15) is 14.9 Å². The van der Waals surface area contributed by atoms with Crippen molar-refractivity contribution in [2.45, 2.75) is 42.1 Å². The number of hydrogen-bond donors (Lipinski definition) is 0. The van der Waals surface area contributed by atoms with E-state index in [1.165, 1.54) is 42.7 Å². The zero-order valence-corrected chi connectivity index (χ0v) is 26.1. The van der Waals surface area contributed by atoms with Gasteiger partial charge < -0.3 is 19.4 Å². The van der Waals surface area contributed by atoms with E-state index < -0.39 is 33.9 Å². The van der Waals surface area contributed by atoms with Crippen LogP contribution >= 0.6 is 35.0 Å². The molecule has 2 aromatic heterocycles. The van der Waals surface area contributed by atoms with Crippen molar-refractivity contribution < 1.29 is 40.9 Å². The second-order valence-electron chi connectivity index (χ2n) is 10.2. The first kappa shape index (κ1) is 32.5. The molecule has 3 heterocycles. The number of esters is 1. The lowest BCUT2D eigenvalue weighted by molar-refractivity contribution is -0.605. The molecule has 1 saturated heterocycles. The molecule has 0 N–H and O–H groups in total. The van der Waals surface area contributed by atoms with Crippen LogP contribution in [-0.2, 0) is 26.0 Å². The van der Waals surface area contributed by atoms with Crippen molar-refractivity contribution in [1.82, 2.24) is 9.29 Å². The van der Waals surface area contributed by atoms with Crippen molar-refractivity contribution in [3.8, 4) is 11.5 Å². The van der Waals surface area contributed by atoms with Crippen molar-refractivity contribution in [1.29, 1.82) is 0 Å². The van der Waals surface area contributed by atoms with Gasteiger partial charge in [0.2, 0.25) is 10.0 Å². The van der Waals surface area contributed by atoms with Crippen LogP contribution in [0.4, 0.5) is 8.78 Å². The molecule has 1 saturated carbocycles. The second-order valence-corrected chi connectivity index (χ2v) is 14.1. The highest BCUT2D eigenvalue weighted by atomic mass is 35.5. The standard InChI is InChI=1S/C28H27Cl2F2N3O7S2/c29-22-13-34(37)14-23(30)21(22)10-19(18-5-6-24(42-28(31)32)25(11-18)40-15-17-3-4-17)16-41-27(36)26-35(8-9-43-26)44(38,39)20-2-1-7-33-12-20/h1-2,5-7,11-14,17,19,26,28H,3-4,8-10,15-16H2/t19-,26+/m1/s1. The molecule has 5 rings (SSSR count). The van der Waals surface area contributed by atoms with E-state index in [1.54, 1.807) is 0 Å². The van der Waals surface area contributed by atoms with Gasteiger partial charge in [-0.2, -0.15) is 17.8 Å². The molecule has 10 nitrogen and oxygen atoms in total. The van der Waals surface area contributed by atoms with Gasteiger partial charge in [-0.25, -0.2) is 13.2 Å². The Hall–Kier alpha value is -2.91. The Labute approximate surface area is 266 Å². The van der Waals surface area contributed by atoms with Crippen molar-refractivity contribution >= 4 is 51.0 Å². The van der Waals surface area contributed by atoms with Crippen LogP contribution in [-0.4, -0.2) is 61.2 Å². The van der Waals surface area contributed by atoms with E-state index in [4.69, 9.17) is 32.7 Å². The van der Waals surface area contributed by atoms with E-state index in [0.29, 0.717) is 34.1 Å². The maximum absolute atomic E-state index is 13.3. The van der Waals surface area contributed by atoms with Crippen LogP contribution in [0.25, 0.3) is 0 Å². The molecular formula is C28H27Cl2F2N3O7S2. The lowest BCUT2D eigenvalue weighted by atomic mass is 9.92. The van der Waals surface area contributed by atoms with Gasteiger partial charge >= 0.3 is 12.6 Å². The van der Waals surface area contributed by atoms with Gasteiger partial charge in [0.05, 0.1) is 13.2 Å². The minimum atomic E-state index is -4.03. The van der Waals surface area contributed by atoms with Crippen LogP contribution in [0.15, 0.2) is 60.0 Å². The first-order valence-corrected chi connectivity index (χ1v) is 16.8. The highest BCUT2D eigenvalue weighted by Crippen LogP contribution is 2.38. The molecule has 2 fully saturated rings. The topological polar surface area (TPSA) is 122 Å². The Morgan fingerprint density at radius 1 is 1.18 bits per heavy atom. The molecule has 0 spiro atoms. The van der Waals surface area contributed by atoms with Crippen molar-refractivity contribution in [2.24, 2.45) is 5.92 Å². The normalized spacial score (nSPS) is 17.9. The molecule has 2 atom stereocenters. The predicted octanol–water partition coefficient (Wildman–Crippen LogP) is 5.05. The summed E-state index contributed by atoms with van der Waals surface area (Å²) in [6, 6.07) is 7.28. The number of carbonyl (C=O) groups is 1. The summed E-state index contributed by atoms with van der Waals surface area (Å²) in [7, 11) is -4.03. The number of benzene rings is 1. The molecule has 0 bridgehead atoms. The fourth-order valence-corrected chi connectivity index (χ4v) is 8.22. The summed E-state index contributed by atoms with van der Waals surface area (Å²) in [6.07, 6.45) is 6.94. The number of aromatic nitrogens is 2. The third-order valence-electron chi connectivity index (χ3n) is 7.05. The Balaban J connectivity index is 1.41. The number of pyridine rings is 2. The fraction of sp³-hybridized carbons (Fsp3) is 0.393. The summed E-state index contributed by atoms with van der Waals surface area (Å²) in [5.41, 5.74) is 0.918. The number of halogens is 4. The predicted molar refractivity (Wildman–Crippen MR) is 158 cm³/mol. The Morgan fingerprint density at radius 2 is 1.93 bits per heavy atom. The van der Waals surface area contributed by atoms with Gasteiger partial charge in [-0.1, -0.05) is 29.3 Å². The number of nitrogens with zero attached hydrogens (tertiary/aromatic N) is 3. The molecule has 1 aliphatic heterocycles. The number of alkyl halides is 2. The number of carbonyl (C=O) groups excluding carboxylic acids is 1. The molecule has 0 amide bonds. The molecule has 1 aliphatic carbocycles. The summed E-state index contributed by atoms with van der Waals surface area (Å²) in [4.78, 5) is 17.2. The number of hydrogen-bond acceptors (Lipinski definition) is 9. The van der Waals surface area contributed by atoms with Gasteiger partial charge in [-0.3, -0.25) is 4.98 Å². The lowest BCUT2D eigenvalue weighted by Gasteiger charge is -2.24. The van der Waals surface area contributed by atoms with Gasteiger partial charge in [0.15, 0.2) is 29.3 Å². The quantitative estimate of drug-likeness (QED) is 0.138. The van der Waals surface area contributed by atoms with E-state index >= 15 is 0 Å². The summed E-state index contributed by atoms with van der Waals surface area (Å²) in [5, 5.41) is 10.8. The van der Waals surface area contributed by atoms with Gasteiger partial charge in [0.25, 0.3) is 0 Å². The molecular weight excluding hydrogens is 663 g/mol. The van der Waals surface area contributed by atoms with Crippen LogP contribution in [0.2, 0.25) is 10.0 Å². The van der Waals surface area contributed by atoms with Gasteiger partial charge in [0, 0.05) is 36.2 Å². The average molecular weight is 691 g/mol. The summed E-state index contributed by atoms with van der Waals surface area (Å²) in [5.74, 6) is -0.799. The Kier molecular flexibility index (Phi) is 10.4. The van der Waals surface area contributed by atoms with E-state index in [-0.39, 0.29) is 46.0 Å². The van der Waals surface area contributed by atoms with Gasteiger partial charge in [-0.15, -0.1) is 11.8 Å². The van der Waals surface area contributed by atoms with E-state index in [2.05, 4.69) is 9.72 Å². The zero-order valence-electron chi connectivity index (χ0n) is 23.0. The molecule has 0 unspecified atom stereocenters. The SMILES string of the molecule is O=C(OC[C@@H](Cc1c(Cl)c[n+]([O-])cc1Cl)c1ccc(OC(F)F)c(OCC2CC2)c1)[C@@H]1SCCN1S(=O)(=O)c1cccnc1. The molecule has 236 valence electrons. The third-order valence-corrected chi connectivity index (χ3v) is 10.9. The lowest BCUT2D eigenvalue weighted by Crippen LogP contribution is -2.40. The zero-order chi connectivity index (χ0) is 31.4. The molecule has 44 heavy (non-hydrogen) atoms. The third kappa shape index (κ3) is 7.83. The van der Waals surface area contributed by atoms with Crippen molar-refractivity contribution in [3.63, 3.8) is 0 Å². The smallest absolute Gasteiger partial charge is 0.387 e. The van der Waals surface area contributed by atoms with Crippen LogP contribution in [0, 0.1) is 11.1 Å². The van der Waals surface area contributed by atoms with E-state index in [9.17, 15) is 27.2 Å². The van der Waals surface area contributed by atoms with Crippen molar-refractivity contribution in [3.05, 3.63) is 81.5 Å². The van der Waals surface area contributed by atoms with Crippen LogP contribution in [0.3, 0.4) is 0 Å². The molecule has 1 aromatic carbocycles. The molecule has 2 aliphatic rings. The van der Waals surface area contributed by atoms with E-state index in [1.807, 2.05) is 0 Å². The number of thioether (sulfide) groups is 1. The molecule has 16 heteroatoms. The fourth-order valence-electron chi connectivity index (χ4n) is 4.60. The monoisotopic (exact) mass is 689 g/mol. The molecule has 0 radical (unpaired) electrons. The number of sulfonamides is 1. The minimum absolute atomic E-state index is 0.0491. The van der Waals surface area contributed by atoms with Crippen molar-refractivity contribution in [2.75, 3.05) is 25.5 Å². The minimum Gasteiger partial charge on any atom is -0.619 e. The first-order valence-electron chi connectivity index (χ1n) is 13.5. The van der Waals surface area contributed by atoms with Gasteiger partial charge in [-0.05, 0) is 55.0 Å². The number of ether oxygens (including phenoxy) is 3. The highest BCUT2D eigenvalue weighted by molar-refractivity contribution is 8.02. The first-order chi connectivity index (χ1) is 21.0. The number of rotatable bonds is 13. The summed E-state index contributed by atoms with van der Waals surface area (Å²) >= 11 is 13.8. The Bertz CT molecular complexity index is 1580. The average Bonchev–Trinajstić information content (AvgIpc) is 3.67. The van der Waals surface area contributed by atoms with Crippen LogP contribution in [0.5, 0.6) is 11.5 Å². The van der Waals surface area contributed by atoms with Crippen LogP contribution in [0.1, 0.15) is 29.9 Å². The maximum Gasteiger partial charge on any atom is 0.387 e. The Morgan fingerprint density at radius 3 is 2.59 bits per heavy atom. The van der Waals surface area contributed by atoms with Crippen LogP contribution < -0.4 is 14.2 Å². The largest absolute Gasteiger partial charge is 0.619 e. The molecule has 3 aromatic rings. The summed E-state index contributed by atoms with van der Waals surface area (Å²) < 4.78 is 70.4.